The lowest BCUT2D eigenvalue weighted by atomic mass is 10.2. The summed E-state index contributed by atoms with van der Waals surface area (Å²) in [6, 6.07) is 14.6. The highest BCUT2D eigenvalue weighted by Crippen LogP contribution is 2.14. The van der Waals surface area contributed by atoms with Crippen LogP contribution in [0.15, 0.2) is 48.5 Å². The quantitative estimate of drug-likeness (QED) is 0.669. The first kappa shape index (κ1) is 20.3. The molecule has 6 nitrogen and oxygen atoms in total. The zero-order chi connectivity index (χ0) is 19.8. The fraction of sp³-hybridized carbons (Fsp3) is 0.333. The van der Waals surface area contributed by atoms with Crippen molar-refractivity contribution in [1.29, 1.82) is 0 Å². The molecule has 0 saturated heterocycles. The van der Waals surface area contributed by atoms with E-state index < -0.39 is 5.97 Å². The average molecular weight is 370 g/mol. The number of nitrogens with zero attached hydrogens (tertiary/aromatic N) is 2. The zero-order valence-corrected chi connectivity index (χ0v) is 16.3. The molecule has 0 atom stereocenters. The molecule has 0 aliphatic carbocycles. The van der Waals surface area contributed by atoms with Gasteiger partial charge in [0.1, 0.15) is 5.75 Å². The smallest absolute Gasteiger partial charge is 0.338 e. The molecule has 6 heteroatoms. The molecule has 0 fully saturated rings. The number of rotatable bonds is 8. The van der Waals surface area contributed by atoms with Crippen LogP contribution >= 0.6 is 0 Å². The lowest BCUT2D eigenvalue weighted by molar-refractivity contribution is -0.133. The largest absolute Gasteiger partial charge is 0.494 e. The SMILES string of the molecule is CCOc1ccc(C(=O)OCC(=O)N(C)Cc2ccc(N(C)C)cc2)cc1. The maximum atomic E-state index is 12.2. The van der Waals surface area contributed by atoms with Crippen LogP contribution in [0, 0.1) is 0 Å². The van der Waals surface area contributed by atoms with Gasteiger partial charge in [-0.05, 0) is 48.9 Å². The molecule has 0 bridgehead atoms. The summed E-state index contributed by atoms with van der Waals surface area (Å²) < 4.78 is 10.5. The van der Waals surface area contributed by atoms with Crippen molar-refractivity contribution < 1.29 is 19.1 Å². The number of amides is 1. The first-order valence-corrected chi connectivity index (χ1v) is 8.81. The molecule has 2 aromatic carbocycles. The van der Waals surface area contributed by atoms with Crippen molar-refractivity contribution in [3.63, 3.8) is 0 Å². The summed E-state index contributed by atoms with van der Waals surface area (Å²) in [6.07, 6.45) is 0. The number of ether oxygens (including phenoxy) is 2. The van der Waals surface area contributed by atoms with Crippen LogP contribution in [-0.4, -0.2) is 51.1 Å². The second kappa shape index (κ2) is 9.62. The fourth-order valence-electron chi connectivity index (χ4n) is 2.44. The predicted molar refractivity (Wildman–Crippen MR) is 105 cm³/mol. The molecule has 0 radical (unpaired) electrons. The third-order valence-electron chi connectivity index (χ3n) is 4.03. The Morgan fingerprint density at radius 1 is 0.926 bits per heavy atom. The molecule has 0 unspecified atom stereocenters. The Kier molecular flexibility index (Phi) is 7.23. The molecule has 0 spiro atoms. The lowest BCUT2D eigenvalue weighted by Gasteiger charge is -2.18. The van der Waals surface area contributed by atoms with E-state index in [-0.39, 0.29) is 12.5 Å². The van der Waals surface area contributed by atoms with Crippen LogP contribution in [0.25, 0.3) is 0 Å². The highest BCUT2D eigenvalue weighted by atomic mass is 16.5. The van der Waals surface area contributed by atoms with Crippen molar-refractivity contribution in [2.45, 2.75) is 13.5 Å². The van der Waals surface area contributed by atoms with E-state index in [9.17, 15) is 9.59 Å². The van der Waals surface area contributed by atoms with Crippen LogP contribution < -0.4 is 9.64 Å². The van der Waals surface area contributed by atoms with Crippen molar-refractivity contribution in [2.24, 2.45) is 0 Å². The molecule has 0 N–H and O–H groups in total. The molecule has 0 aliphatic rings. The van der Waals surface area contributed by atoms with Crippen molar-refractivity contribution in [3.8, 4) is 5.75 Å². The molecule has 27 heavy (non-hydrogen) atoms. The summed E-state index contributed by atoms with van der Waals surface area (Å²) in [4.78, 5) is 27.8. The van der Waals surface area contributed by atoms with Gasteiger partial charge in [-0.3, -0.25) is 4.79 Å². The summed E-state index contributed by atoms with van der Waals surface area (Å²) in [5, 5.41) is 0. The Hall–Kier alpha value is -3.02. The van der Waals surface area contributed by atoms with Crippen LogP contribution in [0.1, 0.15) is 22.8 Å². The van der Waals surface area contributed by atoms with Gasteiger partial charge < -0.3 is 19.3 Å². The van der Waals surface area contributed by atoms with Crippen LogP contribution in [0.5, 0.6) is 5.75 Å². The second-order valence-corrected chi connectivity index (χ2v) is 6.34. The van der Waals surface area contributed by atoms with Gasteiger partial charge in [0.15, 0.2) is 6.61 Å². The normalized spacial score (nSPS) is 10.2. The van der Waals surface area contributed by atoms with E-state index in [1.807, 2.05) is 50.2 Å². The van der Waals surface area contributed by atoms with E-state index >= 15 is 0 Å². The Bertz CT molecular complexity index is 755. The first-order valence-electron chi connectivity index (χ1n) is 8.81. The Morgan fingerprint density at radius 2 is 1.56 bits per heavy atom. The Morgan fingerprint density at radius 3 is 2.11 bits per heavy atom. The number of carbonyl (C=O) groups is 2. The summed E-state index contributed by atoms with van der Waals surface area (Å²) in [5.41, 5.74) is 2.49. The maximum absolute atomic E-state index is 12.2. The fourth-order valence-corrected chi connectivity index (χ4v) is 2.44. The lowest BCUT2D eigenvalue weighted by Crippen LogP contribution is -2.30. The molecular weight excluding hydrogens is 344 g/mol. The first-order chi connectivity index (χ1) is 12.9. The van der Waals surface area contributed by atoms with Gasteiger partial charge in [0.25, 0.3) is 5.91 Å². The van der Waals surface area contributed by atoms with Gasteiger partial charge in [-0.1, -0.05) is 12.1 Å². The van der Waals surface area contributed by atoms with Crippen LogP contribution in [0.2, 0.25) is 0 Å². The zero-order valence-electron chi connectivity index (χ0n) is 16.3. The van der Waals surface area contributed by atoms with Gasteiger partial charge in [-0.25, -0.2) is 4.79 Å². The minimum absolute atomic E-state index is 0.258. The Balaban J connectivity index is 1.84. The molecule has 2 rings (SSSR count). The minimum Gasteiger partial charge on any atom is -0.494 e. The van der Waals surface area contributed by atoms with Crippen molar-refractivity contribution in [3.05, 3.63) is 59.7 Å². The number of esters is 1. The van der Waals surface area contributed by atoms with Gasteiger partial charge in [0, 0.05) is 33.4 Å². The summed E-state index contributed by atoms with van der Waals surface area (Å²) >= 11 is 0. The minimum atomic E-state index is -0.532. The van der Waals surface area contributed by atoms with Crippen LogP contribution in [0.3, 0.4) is 0 Å². The number of benzene rings is 2. The predicted octanol–water partition coefficient (Wildman–Crippen LogP) is 2.97. The van der Waals surface area contributed by atoms with Crippen LogP contribution in [-0.2, 0) is 16.1 Å². The third kappa shape index (κ3) is 6.02. The van der Waals surface area contributed by atoms with Crippen molar-refractivity contribution in [2.75, 3.05) is 39.3 Å². The number of hydrogen-bond donors (Lipinski definition) is 0. The van der Waals surface area contributed by atoms with Gasteiger partial charge >= 0.3 is 5.97 Å². The van der Waals surface area contributed by atoms with E-state index in [0.29, 0.717) is 24.5 Å². The van der Waals surface area contributed by atoms with Crippen LogP contribution in [0.4, 0.5) is 5.69 Å². The van der Waals surface area contributed by atoms with Crippen molar-refractivity contribution >= 4 is 17.6 Å². The number of likely N-dealkylation sites (N-methyl/N-ethyl adjacent to an activating group) is 1. The monoisotopic (exact) mass is 370 g/mol. The molecule has 0 heterocycles. The topological polar surface area (TPSA) is 59.1 Å². The summed E-state index contributed by atoms with van der Waals surface area (Å²) in [6.45, 7) is 2.61. The van der Waals surface area contributed by atoms with Gasteiger partial charge in [-0.2, -0.15) is 0 Å². The number of anilines is 1. The molecule has 144 valence electrons. The van der Waals surface area contributed by atoms with Gasteiger partial charge in [0.2, 0.25) is 0 Å². The second-order valence-electron chi connectivity index (χ2n) is 6.34. The molecule has 0 aliphatic heterocycles. The van der Waals surface area contributed by atoms with Crippen molar-refractivity contribution in [1.82, 2.24) is 4.90 Å². The number of hydrogen-bond acceptors (Lipinski definition) is 5. The van der Waals surface area contributed by atoms with E-state index in [4.69, 9.17) is 9.47 Å². The van der Waals surface area contributed by atoms with Gasteiger partial charge in [-0.15, -0.1) is 0 Å². The van der Waals surface area contributed by atoms with E-state index in [2.05, 4.69) is 0 Å². The third-order valence-corrected chi connectivity index (χ3v) is 4.03. The number of carbonyl (C=O) groups excluding carboxylic acids is 2. The molecule has 0 saturated carbocycles. The standard InChI is InChI=1S/C21H26N2O4/c1-5-26-19-12-8-17(9-13-19)21(25)27-15-20(24)23(4)14-16-6-10-18(11-7-16)22(2)3/h6-13H,5,14-15H2,1-4H3. The Labute approximate surface area is 160 Å². The summed E-state index contributed by atoms with van der Waals surface area (Å²) in [5.74, 6) is -0.105. The highest BCUT2D eigenvalue weighted by molar-refractivity contribution is 5.91. The van der Waals surface area contributed by atoms with E-state index in [0.717, 1.165) is 11.3 Å². The summed E-state index contributed by atoms with van der Waals surface area (Å²) in [7, 11) is 5.64. The van der Waals surface area contributed by atoms with Gasteiger partial charge in [0.05, 0.1) is 12.2 Å². The molecule has 2 aromatic rings. The molecule has 0 aromatic heterocycles. The molecular formula is C21H26N2O4. The van der Waals surface area contributed by atoms with E-state index in [1.54, 1.807) is 31.3 Å². The highest BCUT2D eigenvalue weighted by Gasteiger charge is 2.14. The average Bonchev–Trinajstić information content (AvgIpc) is 2.67. The maximum Gasteiger partial charge on any atom is 0.338 e. The van der Waals surface area contributed by atoms with E-state index in [1.165, 1.54) is 4.90 Å². The molecule has 1 amide bonds.